The van der Waals surface area contributed by atoms with Gasteiger partial charge in [-0.3, -0.25) is 0 Å². The molecule has 4 N–H and O–H groups in total. The molecule has 0 heterocycles. The van der Waals surface area contributed by atoms with Gasteiger partial charge in [0.15, 0.2) is 0 Å². The van der Waals surface area contributed by atoms with E-state index in [2.05, 4.69) is 47.6 Å². The molecule has 4 aliphatic rings. The molecule has 36 heavy (non-hydrogen) atoms. The average molecular weight is 500 g/mol. The van der Waals surface area contributed by atoms with E-state index < -0.39 is 17.1 Å². The molecule has 0 aromatic carbocycles. The number of nitrogens with zero attached hydrogens (tertiary/aromatic N) is 1. The number of nitriles is 1. The van der Waals surface area contributed by atoms with Crippen molar-refractivity contribution < 1.29 is 20.4 Å². The summed E-state index contributed by atoms with van der Waals surface area (Å²) < 4.78 is 0. The molecule has 0 saturated heterocycles. The van der Waals surface area contributed by atoms with Gasteiger partial charge in [0.25, 0.3) is 0 Å². The van der Waals surface area contributed by atoms with Gasteiger partial charge in [-0.05, 0) is 85.4 Å². The number of allylic oxidation sites excluding steroid dienone is 3. The first kappa shape index (κ1) is 27.7. The molecular formula is C31H49NO4. The van der Waals surface area contributed by atoms with E-state index in [9.17, 15) is 25.7 Å². The Kier molecular flexibility index (Phi) is 6.60. The van der Waals surface area contributed by atoms with Gasteiger partial charge < -0.3 is 20.4 Å². The minimum absolute atomic E-state index is 0.00147. The van der Waals surface area contributed by atoms with Crippen LogP contribution in [0.4, 0.5) is 0 Å². The van der Waals surface area contributed by atoms with Crippen molar-refractivity contribution in [3.63, 3.8) is 0 Å². The number of fused-ring (bicyclic) bond motifs is 5. The zero-order valence-corrected chi connectivity index (χ0v) is 23.6. The van der Waals surface area contributed by atoms with Crippen molar-refractivity contribution in [1.29, 1.82) is 5.26 Å². The Labute approximate surface area is 218 Å². The Morgan fingerprint density at radius 2 is 1.58 bits per heavy atom. The molecule has 202 valence electrons. The molecule has 0 unspecified atom stereocenters. The Bertz CT molecular complexity index is 1010. The zero-order valence-electron chi connectivity index (χ0n) is 23.6. The summed E-state index contributed by atoms with van der Waals surface area (Å²) >= 11 is 0. The fraction of sp³-hybridized carbons (Fsp3) is 0.839. The lowest BCUT2D eigenvalue weighted by Gasteiger charge is -2.68. The number of hydrogen-bond acceptors (Lipinski definition) is 5. The van der Waals surface area contributed by atoms with Crippen molar-refractivity contribution in [3.8, 4) is 6.07 Å². The molecule has 0 amide bonds. The van der Waals surface area contributed by atoms with Crippen LogP contribution in [0.1, 0.15) is 106 Å². The zero-order chi connectivity index (χ0) is 26.9. The molecule has 4 aliphatic carbocycles. The minimum Gasteiger partial charge on any atom is -0.511 e. The van der Waals surface area contributed by atoms with Crippen LogP contribution in [0.2, 0.25) is 0 Å². The van der Waals surface area contributed by atoms with E-state index >= 15 is 0 Å². The van der Waals surface area contributed by atoms with Crippen molar-refractivity contribution in [2.24, 2.45) is 38.9 Å². The van der Waals surface area contributed by atoms with E-state index in [4.69, 9.17) is 0 Å². The first-order valence-electron chi connectivity index (χ1n) is 14.1. The number of aliphatic hydroxyl groups is 4. The molecule has 0 bridgehead atoms. The Hall–Kier alpha value is -1.35. The van der Waals surface area contributed by atoms with Crippen LogP contribution in [0.3, 0.4) is 0 Å². The van der Waals surface area contributed by atoms with Gasteiger partial charge >= 0.3 is 0 Å². The summed E-state index contributed by atoms with van der Waals surface area (Å²) in [5.74, 6) is 0.289. The standard InChI is InChI=1S/C31H49NO4/c1-20-22-8-9-29(6)23(28(22,5)17-21(18-32)25(20)35)16-24(34)31(36)15-11-26(2,3)10-12-27(4,19-33)13-14-30(29,31)7/h16,20,22,24,33-36H,8-15,17,19H2,1-7H3/t20-,22-,24+,27-,28-,29+,30-,31+/m0/s1. The summed E-state index contributed by atoms with van der Waals surface area (Å²) in [5.41, 5.74) is -1.27. The number of rotatable bonds is 1. The normalized spacial score (nSPS) is 49.1. The highest BCUT2D eigenvalue weighted by Crippen LogP contribution is 2.71. The smallest absolute Gasteiger partial charge is 0.109 e. The van der Waals surface area contributed by atoms with E-state index in [1.54, 1.807) is 0 Å². The fourth-order valence-corrected chi connectivity index (χ4v) is 8.87. The van der Waals surface area contributed by atoms with Gasteiger partial charge in [0.2, 0.25) is 0 Å². The van der Waals surface area contributed by atoms with Gasteiger partial charge in [-0.1, -0.05) is 60.1 Å². The van der Waals surface area contributed by atoms with Crippen LogP contribution in [-0.4, -0.2) is 38.7 Å². The lowest BCUT2D eigenvalue weighted by atomic mass is 9.38. The Morgan fingerprint density at radius 1 is 0.972 bits per heavy atom. The van der Waals surface area contributed by atoms with Gasteiger partial charge in [-0.15, -0.1) is 0 Å². The molecule has 8 atom stereocenters. The lowest BCUT2D eigenvalue weighted by Crippen LogP contribution is -2.68. The van der Waals surface area contributed by atoms with E-state index in [-0.39, 0.29) is 45.9 Å². The van der Waals surface area contributed by atoms with Crippen LogP contribution >= 0.6 is 0 Å². The van der Waals surface area contributed by atoms with Gasteiger partial charge in [-0.25, -0.2) is 0 Å². The van der Waals surface area contributed by atoms with E-state index in [0.717, 1.165) is 44.1 Å². The van der Waals surface area contributed by atoms with Crippen LogP contribution < -0.4 is 0 Å². The van der Waals surface area contributed by atoms with Crippen LogP contribution in [0, 0.1) is 50.2 Å². The molecular weight excluding hydrogens is 450 g/mol. The second kappa shape index (κ2) is 8.58. The van der Waals surface area contributed by atoms with Crippen LogP contribution in [0.15, 0.2) is 23.0 Å². The third kappa shape index (κ3) is 3.73. The summed E-state index contributed by atoms with van der Waals surface area (Å²) in [5, 5.41) is 55.3. The highest BCUT2D eigenvalue weighted by atomic mass is 16.3. The third-order valence-corrected chi connectivity index (χ3v) is 12.2. The minimum atomic E-state index is -1.28. The fourth-order valence-electron chi connectivity index (χ4n) is 8.87. The molecule has 0 aromatic rings. The largest absolute Gasteiger partial charge is 0.511 e. The molecule has 5 heteroatoms. The molecule has 0 spiro atoms. The first-order valence-corrected chi connectivity index (χ1v) is 14.1. The van der Waals surface area contributed by atoms with Crippen LogP contribution in [-0.2, 0) is 0 Å². The van der Waals surface area contributed by atoms with Crippen LogP contribution in [0.25, 0.3) is 0 Å². The molecule has 0 aliphatic heterocycles. The number of aliphatic hydroxyl groups excluding tert-OH is 3. The van der Waals surface area contributed by atoms with Crippen molar-refractivity contribution in [2.45, 2.75) is 118 Å². The number of hydrogen-bond donors (Lipinski definition) is 4. The average Bonchev–Trinajstić information content (AvgIpc) is 2.83. The molecule has 0 aromatic heterocycles. The van der Waals surface area contributed by atoms with Gasteiger partial charge in [0.05, 0.1) is 11.6 Å². The monoisotopic (exact) mass is 499 g/mol. The predicted molar refractivity (Wildman–Crippen MR) is 142 cm³/mol. The molecule has 2 fully saturated rings. The maximum Gasteiger partial charge on any atom is 0.109 e. The maximum absolute atomic E-state index is 12.5. The van der Waals surface area contributed by atoms with Crippen molar-refractivity contribution in [3.05, 3.63) is 23.0 Å². The van der Waals surface area contributed by atoms with Crippen molar-refractivity contribution in [1.82, 2.24) is 0 Å². The second-order valence-electron chi connectivity index (χ2n) is 14.8. The topological polar surface area (TPSA) is 105 Å². The predicted octanol–water partition coefficient (Wildman–Crippen LogP) is 6.20. The Balaban J connectivity index is 1.89. The van der Waals surface area contributed by atoms with Crippen molar-refractivity contribution >= 4 is 0 Å². The van der Waals surface area contributed by atoms with E-state index in [1.807, 2.05) is 13.0 Å². The summed E-state index contributed by atoms with van der Waals surface area (Å²) in [6.07, 6.45) is 7.95. The summed E-state index contributed by atoms with van der Waals surface area (Å²) in [6, 6.07) is 2.26. The van der Waals surface area contributed by atoms with E-state index in [1.165, 1.54) is 0 Å². The van der Waals surface area contributed by atoms with Gasteiger partial charge in [0.1, 0.15) is 17.5 Å². The third-order valence-electron chi connectivity index (χ3n) is 12.2. The van der Waals surface area contributed by atoms with Gasteiger partial charge in [0, 0.05) is 17.9 Å². The molecule has 0 radical (unpaired) electrons. The van der Waals surface area contributed by atoms with E-state index in [0.29, 0.717) is 24.8 Å². The maximum atomic E-state index is 12.5. The summed E-state index contributed by atoms with van der Waals surface area (Å²) in [4.78, 5) is 0. The Morgan fingerprint density at radius 3 is 2.19 bits per heavy atom. The first-order chi connectivity index (χ1) is 16.5. The second-order valence-corrected chi connectivity index (χ2v) is 14.8. The van der Waals surface area contributed by atoms with Crippen molar-refractivity contribution in [2.75, 3.05) is 6.61 Å². The SMILES string of the molecule is C[C@@H]1C(O)=C(C#N)C[C@]2(C)C3=C[C@@H](O)[C@]4(O)CCC(C)(C)CC[C@](C)(CO)CC[C@@]4(C)[C@]3(C)CC[C@@H]12. The molecule has 2 saturated carbocycles. The van der Waals surface area contributed by atoms with Crippen LogP contribution in [0.5, 0.6) is 0 Å². The highest BCUT2D eigenvalue weighted by molar-refractivity contribution is 5.43. The quantitative estimate of drug-likeness (QED) is 0.321. The molecule has 4 rings (SSSR count). The highest BCUT2D eigenvalue weighted by Gasteiger charge is 2.68. The summed E-state index contributed by atoms with van der Waals surface area (Å²) in [6.45, 7) is 15.5. The van der Waals surface area contributed by atoms with Gasteiger partial charge in [-0.2, -0.15) is 5.26 Å². The summed E-state index contributed by atoms with van der Waals surface area (Å²) in [7, 11) is 0. The molecule has 5 nitrogen and oxygen atoms in total. The lowest BCUT2D eigenvalue weighted by molar-refractivity contribution is -0.215.